The fourth-order valence-electron chi connectivity index (χ4n) is 2.51. The lowest BCUT2D eigenvalue weighted by atomic mass is 10.2. The summed E-state index contributed by atoms with van der Waals surface area (Å²) in [6.45, 7) is 5.30. The number of aliphatic hydroxyl groups excluding tert-OH is 1. The summed E-state index contributed by atoms with van der Waals surface area (Å²) < 4.78 is 13.2. The van der Waals surface area contributed by atoms with Gasteiger partial charge in [0.1, 0.15) is 0 Å². The van der Waals surface area contributed by atoms with E-state index in [9.17, 15) is 5.11 Å². The van der Waals surface area contributed by atoms with Crippen molar-refractivity contribution in [2.45, 2.75) is 26.5 Å². The summed E-state index contributed by atoms with van der Waals surface area (Å²) in [6, 6.07) is 15.4. The van der Waals surface area contributed by atoms with Gasteiger partial charge in [-0.2, -0.15) is 4.68 Å². The standard InChI is InChI=1S/C19H23N5O3/c1-3-26-18-11-15(13-20-12-14(2)25)9-10-17(18)27-19-21-22-23-24(19)16-7-5-4-6-8-16/h4-11,14,20,25H,3,12-13H2,1-2H3/t14-/m0/s1. The van der Waals surface area contributed by atoms with Gasteiger partial charge in [-0.15, -0.1) is 0 Å². The van der Waals surface area contributed by atoms with Crippen molar-refractivity contribution in [3.05, 3.63) is 54.1 Å². The summed E-state index contributed by atoms with van der Waals surface area (Å²) in [4.78, 5) is 0. The molecule has 0 saturated heterocycles. The highest BCUT2D eigenvalue weighted by molar-refractivity contribution is 5.44. The van der Waals surface area contributed by atoms with Crippen LogP contribution in [0.25, 0.3) is 5.69 Å². The molecule has 1 aromatic heterocycles. The smallest absolute Gasteiger partial charge is 0.346 e. The highest BCUT2D eigenvalue weighted by atomic mass is 16.5. The van der Waals surface area contributed by atoms with E-state index in [0.717, 1.165) is 11.3 Å². The van der Waals surface area contributed by atoms with Gasteiger partial charge in [0, 0.05) is 13.1 Å². The summed E-state index contributed by atoms with van der Waals surface area (Å²) in [7, 11) is 0. The minimum atomic E-state index is -0.393. The van der Waals surface area contributed by atoms with Crippen LogP contribution in [0.15, 0.2) is 48.5 Å². The zero-order valence-electron chi connectivity index (χ0n) is 15.4. The third-order valence-electron chi connectivity index (χ3n) is 3.72. The van der Waals surface area contributed by atoms with Gasteiger partial charge in [-0.25, -0.2) is 0 Å². The second kappa shape index (κ2) is 9.11. The molecule has 2 aromatic carbocycles. The highest BCUT2D eigenvalue weighted by Crippen LogP contribution is 2.32. The van der Waals surface area contributed by atoms with Gasteiger partial charge in [-0.1, -0.05) is 29.4 Å². The van der Waals surface area contributed by atoms with Crippen LogP contribution in [-0.4, -0.2) is 44.6 Å². The number of nitrogens with zero attached hydrogens (tertiary/aromatic N) is 4. The summed E-state index contributed by atoms with van der Waals surface area (Å²) >= 11 is 0. The maximum atomic E-state index is 9.35. The molecule has 1 atom stereocenters. The largest absolute Gasteiger partial charge is 0.490 e. The molecule has 0 fully saturated rings. The predicted octanol–water partition coefficient (Wildman–Crippen LogP) is 2.32. The van der Waals surface area contributed by atoms with Crippen molar-refractivity contribution in [3.8, 4) is 23.2 Å². The second-order valence-electron chi connectivity index (χ2n) is 6.00. The summed E-state index contributed by atoms with van der Waals surface area (Å²) in [6.07, 6.45) is -0.393. The van der Waals surface area contributed by atoms with Gasteiger partial charge in [0.2, 0.25) is 0 Å². The number of ether oxygens (including phenoxy) is 2. The van der Waals surface area contributed by atoms with Crippen molar-refractivity contribution in [1.29, 1.82) is 0 Å². The molecule has 0 bridgehead atoms. The van der Waals surface area contributed by atoms with Crippen molar-refractivity contribution in [1.82, 2.24) is 25.5 Å². The van der Waals surface area contributed by atoms with E-state index < -0.39 is 6.10 Å². The van der Waals surface area contributed by atoms with Crippen LogP contribution in [0.1, 0.15) is 19.4 Å². The maximum Gasteiger partial charge on any atom is 0.346 e. The zero-order chi connectivity index (χ0) is 19.1. The topological polar surface area (TPSA) is 94.3 Å². The van der Waals surface area contributed by atoms with Gasteiger partial charge in [0.05, 0.1) is 18.4 Å². The van der Waals surface area contributed by atoms with Crippen LogP contribution < -0.4 is 14.8 Å². The normalized spacial score (nSPS) is 12.0. The lowest BCUT2D eigenvalue weighted by molar-refractivity contribution is 0.191. The van der Waals surface area contributed by atoms with E-state index in [1.807, 2.05) is 55.5 Å². The molecule has 0 aliphatic carbocycles. The van der Waals surface area contributed by atoms with Crippen LogP contribution in [0.3, 0.4) is 0 Å². The van der Waals surface area contributed by atoms with E-state index in [4.69, 9.17) is 9.47 Å². The molecule has 8 nitrogen and oxygen atoms in total. The Bertz CT molecular complexity index is 852. The Hall–Kier alpha value is -2.97. The number of aliphatic hydroxyl groups is 1. The number of aromatic nitrogens is 4. The van der Waals surface area contributed by atoms with Crippen LogP contribution in [-0.2, 0) is 6.54 Å². The number of para-hydroxylation sites is 1. The first-order chi connectivity index (χ1) is 13.2. The first-order valence-corrected chi connectivity index (χ1v) is 8.83. The maximum absolute atomic E-state index is 9.35. The minimum absolute atomic E-state index is 0.252. The number of tetrazole rings is 1. The molecular formula is C19H23N5O3. The van der Waals surface area contributed by atoms with Gasteiger partial charge in [0.15, 0.2) is 11.5 Å². The van der Waals surface area contributed by atoms with Crippen molar-refractivity contribution >= 4 is 0 Å². The van der Waals surface area contributed by atoms with Gasteiger partial charge in [0.25, 0.3) is 0 Å². The van der Waals surface area contributed by atoms with Gasteiger partial charge in [-0.3, -0.25) is 0 Å². The zero-order valence-corrected chi connectivity index (χ0v) is 15.4. The molecule has 0 unspecified atom stereocenters. The van der Waals surface area contributed by atoms with Crippen LogP contribution in [0.2, 0.25) is 0 Å². The van der Waals surface area contributed by atoms with E-state index in [0.29, 0.717) is 31.2 Å². The molecule has 0 spiro atoms. The Morgan fingerprint density at radius 2 is 1.96 bits per heavy atom. The summed E-state index contributed by atoms with van der Waals surface area (Å²) in [5.41, 5.74) is 1.82. The lowest BCUT2D eigenvalue weighted by Crippen LogP contribution is -2.23. The third kappa shape index (κ3) is 5.02. The Labute approximate surface area is 157 Å². The van der Waals surface area contributed by atoms with E-state index in [1.165, 1.54) is 4.68 Å². The van der Waals surface area contributed by atoms with E-state index in [2.05, 4.69) is 20.8 Å². The average molecular weight is 369 g/mol. The molecule has 8 heteroatoms. The van der Waals surface area contributed by atoms with Crippen molar-refractivity contribution in [2.75, 3.05) is 13.2 Å². The molecule has 1 heterocycles. The molecule has 0 aliphatic heterocycles. The fraction of sp³-hybridized carbons (Fsp3) is 0.316. The Kier molecular flexibility index (Phi) is 6.35. The number of hydrogen-bond acceptors (Lipinski definition) is 7. The Balaban J connectivity index is 1.80. The molecule has 3 aromatic rings. The molecule has 0 saturated carbocycles. The molecule has 0 radical (unpaired) electrons. The Morgan fingerprint density at radius 1 is 1.15 bits per heavy atom. The van der Waals surface area contributed by atoms with Crippen LogP contribution in [0, 0.1) is 0 Å². The van der Waals surface area contributed by atoms with Crippen molar-refractivity contribution in [3.63, 3.8) is 0 Å². The molecule has 0 aliphatic rings. The monoisotopic (exact) mass is 369 g/mol. The third-order valence-corrected chi connectivity index (χ3v) is 3.72. The first-order valence-electron chi connectivity index (χ1n) is 8.83. The van der Waals surface area contributed by atoms with Gasteiger partial charge < -0.3 is 19.9 Å². The first kappa shape index (κ1) is 18.8. The van der Waals surface area contributed by atoms with Gasteiger partial charge >= 0.3 is 6.01 Å². The molecule has 2 N–H and O–H groups in total. The Morgan fingerprint density at radius 3 is 2.70 bits per heavy atom. The van der Waals surface area contributed by atoms with Crippen LogP contribution >= 0.6 is 0 Å². The van der Waals surface area contributed by atoms with E-state index in [-0.39, 0.29) is 6.01 Å². The highest BCUT2D eigenvalue weighted by Gasteiger charge is 2.14. The number of rotatable bonds is 9. The molecular weight excluding hydrogens is 346 g/mol. The second-order valence-corrected chi connectivity index (χ2v) is 6.00. The summed E-state index contributed by atoms with van der Waals surface area (Å²) in [5, 5.41) is 24.2. The number of benzene rings is 2. The molecule has 0 amide bonds. The van der Waals surface area contributed by atoms with Crippen LogP contribution in [0.5, 0.6) is 17.5 Å². The number of nitrogens with one attached hydrogen (secondary N) is 1. The molecule has 142 valence electrons. The van der Waals surface area contributed by atoms with Crippen molar-refractivity contribution in [2.24, 2.45) is 0 Å². The van der Waals surface area contributed by atoms with Gasteiger partial charge in [-0.05, 0) is 54.1 Å². The average Bonchev–Trinajstić information content (AvgIpc) is 3.12. The molecule has 3 rings (SSSR count). The van der Waals surface area contributed by atoms with Crippen LogP contribution in [0.4, 0.5) is 0 Å². The lowest BCUT2D eigenvalue weighted by Gasteiger charge is -2.13. The predicted molar refractivity (Wildman–Crippen MR) is 100 cm³/mol. The number of hydrogen-bond donors (Lipinski definition) is 2. The molecule has 27 heavy (non-hydrogen) atoms. The fourth-order valence-corrected chi connectivity index (χ4v) is 2.51. The van der Waals surface area contributed by atoms with E-state index >= 15 is 0 Å². The van der Waals surface area contributed by atoms with Crippen molar-refractivity contribution < 1.29 is 14.6 Å². The minimum Gasteiger partial charge on any atom is -0.490 e. The quantitative estimate of drug-likeness (QED) is 0.598. The SMILES string of the molecule is CCOc1cc(CNC[C@H](C)O)ccc1Oc1nnnn1-c1ccccc1. The summed E-state index contributed by atoms with van der Waals surface area (Å²) in [5.74, 6) is 1.14. The van der Waals surface area contributed by atoms with E-state index in [1.54, 1.807) is 6.92 Å².